The summed E-state index contributed by atoms with van der Waals surface area (Å²) in [5.74, 6) is -0.558. The van der Waals surface area contributed by atoms with Crippen LogP contribution in [0.2, 0.25) is 0 Å². The summed E-state index contributed by atoms with van der Waals surface area (Å²) in [6, 6.07) is -0.874. The van der Waals surface area contributed by atoms with E-state index in [9.17, 15) is 20.0 Å². The smallest absolute Gasteiger partial charge is 0.412 e. The third-order valence-corrected chi connectivity index (χ3v) is 4.88. The molecule has 0 aromatic carbocycles. The van der Waals surface area contributed by atoms with E-state index in [1.165, 1.54) is 0 Å². The number of aliphatic hydroxyl groups excluding tert-OH is 1. The van der Waals surface area contributed by atoms with Gasteiger partial charge >= 0.3 is 6.09 Å². The predicted molar refractivity (Wildman–Crippen MR) is 94.6 cm³/mol. The van der Waals surface area contributed by atoms with E-state index in [0.717, 1.165) is 23.1 Å². The molecule has 8 heteroatoms. The molecule has 1 aliphatic rings. The van der Waals surface area contributed by atoms with Gasteiger partial charge < -0.3 is 9.84 Å². The monoisotopic (exact) mass is 408 g/mol. The van der Waals surface area contributed by atoms with E-state index in [1.807, 2.05) is 6.92 Å². The molecule has 4 atom stereocenters. The van der Waals surface area contributed by atoms with Gasteiger partial charge in [0.05, 0.1) is 6.54 Å². The highest BCUT2D eigenvalue weighted by atomic mass is 79.9. The predicted octanol–water partition coefficient (Wildman–Crippen LogP) is 3.41. The molecule has 1 rings (SSSR count). The van der Waals surface area contributed by atoms with E-state index in [2.05, 4.69) is 15.9 Å². The number of likely N-dealkylation sites (tertiary alicyclic amines) is 1. The van der Waals surface area contributed by atoms with Gasteiger partial charge in [-0.3, -0.25) is 15.0 Å². The minimum atomic E-state index is -1.05. The van der Waals surface area contributed by atoms with Crippen molar-refractivity contribution in [1.29, 1.82) is 0 Å². The second-order valence-electron chi connectivity index (χ2n) is 7.35. The third kappa shape index (κ3) is 5.58. The zero-order valence-corrected chi connectivity index (χ0v) is 16.5. The SMILES string of the molecule is CCC[C@H]1[C@H](CCCBr)[C@@H](O)N(C(=O)OC(C)(C)C)C[C@@H]1[N+](=O)[O-]. The first-order chi connectivity index (χ1) is 11.1. The molecule has 1 N–H and O–H groups in total. The summed E-state index contributed by atoms with van der Waals surface area (Å²) >= 11 is 3.36. The number of hydrogen-bond acceptors (Lipinski definition) is 5. The summed E-state index contributed by atoms with van der Waals surface area (Å²) in [7, 11) is 0. The van der Waals surface area contributed by atoms with E-state index in [-0.39, 0.29) is 23.3 Å². The standard InChI is InChI=1S/C16H29BrN2O5/c1-5-7-11-12(8-6-9-17)14(20)18(10-13(11)19(22)23)15(21)24-16(2,3)4/h11-14,20H,5-10H2,1-4H3/t11-,12-,13-,14+/m0/s1. The molecule has 0 radical (unpaired) electrons. The zero-order valence-electron chi connectivity index (χ0n) is 14.9. The van der Waals surface area contributed by atoms with Crippen molar-refractivity contribution in [2.45, 2.75) is 71.2 Å². The first kappa shape index (κ1) is 21.2. The Morgan fingerprint density at radius 2 is 2.00 bits per heavy atom. The van der Waals surface area contributed by atoms with Gasteiger partial charge in [0.15, 0.2) is 0 Å². The summed E-state index contributed by atoms with van der Waals surface area (Å²) in [5, 5.41) is 23.0. The van der Waals surface area contributed by atoms with Crippen LogP contribution in [0.4, 0.5) is 4.79 Å². The van der Waals surface area contributed by atoms with Crippen LogP contribution >= 0.6 is 15.9 Å². The summed E-state index contributed by atoms with van der Waals surface area (Å²) in [5.41, 5.74) is -0.716. The Kier molecular flexibility index (Phi) is 7.92. The van der Waals surface area contributed by atoms with Gasteiger partial charge in [0.1, 0.15) is 11.8 Å². The highest BCUT2D eigenvalue weighted by molar-refractivity contribution is 9.09. The second-order valence-corrected chi connectivity index (χ2v) is 8.14. The Labute approximate surface area is 152 Å². The minimum Gasteiger partial charge on any atom is -0.444 e. The van der Waals surface area contributed by atoms with Crippen LogP contribution in [-0.4, -0.2) is 50.8 Å². The first-order valence-electron chi connectivity index (χ1n) is 8.49. The van der Waals surface area contributed by atoms with Crippen molar-refractivity contribution < 1.29 is 19.6 Å². The number of carbonyl (C=O) groups is 1. The number of hydrogen-bond donors (Lipinski definition) is 1. The van der Waals surface area contributed by atoms with E-state index < -0.39 is 24.0 Å². The molecule has 0 bridgehead atoms. The lowest BCUT2D eigenvalue weighted by atomic mass is 9.76. The maximum Gasteiger partial charge on any atom is 0.412 e. The lowest BCUT2D eigenvalue weighted by molar-refractivity contribution is -0.541. The summed E-state index contributed by atoms with van der Waals surface area (Å²) in [6.07, 6.45) is 1.14. The van der Waals surface area contributed by atoms with E-state index in [1.54, 1.807) is 20.8 Å². The number of piperidine rings is 1. The number of alkyl halides is 1. The zero-order chi connectivity index (χ0) is 18.5. The molecule has 0 aromatic heterocycles. The Bertz CT molecular complexity index is 441. The van der Waals surface area contributed by atoms with Crippen molar-refractivity contribution in [3.8, 4) is 0 Å². The van der Waals surface area contributed by atoms with Crippen molar-refractivity contribution in [2.75, 3.05) is 11.9 Å². The highest BCUT2D eigenvalue weighted by Gasteiger charge is 2.50. The molecule has 0 spiro atoms. The third-order valence-electron chi connectivity index (χ3n) is 4.32. The molecular formula is C16H29BrN2O5. The Hall–Kier alpha value is -0.890. The van der Waals surface area contributed by atoms with Crippen LogP contribution < -0.4 is 0 Å². The van der Waals surface area contributed by atoms with E-state index >= 15 is 0 Å². The maximum absolute atomic E-state index is 12.4. The lowest BCUT2D eigenvalue weighted by Gasteiger charge is -2.44. The van der Waals surface area contributed by atoms with Gasteiger partial charge in [-0.2, -0.15) is 0 Å². The van der Waals surface area contributed by atoms with Gasteiger partial charge in [0.25, 0.3) is 0 Å². The quantitative estimate of drug-likeness (QED) is 0.412. The Morgan fingerprint density at radius 1 is 1.38 bits per heavy atom. The van der Waals surface area contributed by atoms with Crippen molar-refractivity contribution in [3.05, 3.63) is 10.1 Å². The van der Waals surface area contributed by atoms with Crippen LogP contribution in [0.3, 0.4) is 0 Å². The second kappa shape index (κ2) is 8.99. The van der Waals surface area contributed by atoms with Gasteiger partial charge in [-0.15, -0.1) is 0 Å². The molecule has 0 aromatic rings. The fourth-order valence-corrected chi connectivity index (χ4v) is 3.65. The minimum absolute atomic E-state index is 0.113. The number of rotatable bonds is 6. The molecular weight excluding hydrogens is 380 g/mol. The number of halogens is 1. The van der Waals surface area contributed by atoms with E-state index in [0.29, 0.717) is 12.8 Å². The number of aliphatic hydroxyl groups is 1. The maximum atomic E-state index is 12.4. The van der Waals surface area contributed by atoms with Crippen molar-refractivity contribution in [1.82, 2.24) is 4.90 Å². The molecule has 1 fully saturated rings. The number of ether oxygens (including phenoxy) is 1. The molecule has 7 nitrogen and oxygen atoms in total. The molecule has 140 valence electrons. The molecule has 1 aliphatic heterocycles. The summed E-state index contributed by atoms with van der Waals surface area (Å²) < 4.78 is 5.32. The fourth-order valence-electron chi connectivity index (χ4n) is 3.32. The fraction of sp³-hybridized carbons (Fsp3) is 0.938. The van der Waals surface area contributed by atoms with Crippen LogP contribution in [0.5, 0.6) is 0 Å². The largest absolute Gasteiger partial charge is 0.444 e. The van der Waals surface area contributed by atoms with Gasteiger partial charge in [0.2, 0.25) is 6.04 Å². The Balaban J connectivity index is 3.06. The topological polar surface area (TPSA) is 92.9 Å². The molecule has 24 heavy (non-hydrogen) atoms. The first-order valence-corrected chi connectivity index (χ1v) is 9.61. The molecule has 0 saturated carbocycles. The van der Waals surface area contributed by atoms with Crippen LogP contribution in [-0.2, 0) is 4.74 Å². The average molecular weight is 409 g/mol. The van der Waals surface area contributed by atoms with Crippen LogP contribution in [0.15, 0.2) is 0 Å². The number of amides is 1. The Morgan fingerprint density at radius 3 is 2.46 bits per heavy atom. The number of nitro groups is 1. The van der Waals surface area contributed by atoms with E-state index in [4.69, 9.17) is 4.74 Å². The lowest BCUT2D eigenvalue weighted by Crippen LogP contribution is -2.60. The molecule has 0 aliphatic carbocycles. The molecule has 0 unspecified atom stereocenters. The van der Waals surface area contributed by atoms with Gasteiger partial charge in [0, 0.05) is 22.1 Å². The molecule has 1 heterocycles. The highest BCUT2D eigenvalue weighted by Crippen LogP contribution is 2.36. The van der Waals surface area contributed by atoms with Crippen molar-refractivity contribution in [3.63, 3.8) is 0 Å². The van der Waals surface area contributed by atoms with Crippen LogP contribution in [0, 0.1) is 22.0 Å². The average Bonchev–Trinajstić information content (AvgIpc) is 2.44. The van der Waals surface area contributed by atoms with Gasteiger partial charge in [-0.1, -0.05) is 29.3 Å². The number of carbonyl (C=O) groups excluding carboxylic acids is 1. The summed E-state index contributed by atoms with van der Waals surface area (Å²) in [4.78, 5) is 24.8. The van der Waals surface area contributed by atoms with Gasteiger partial charge in [-0.25, -0.2) is 4.79 Å². The van der Waals surface area contributed by atoms with Crippen LogP contribution in [0.25, 0.3) is 0 Å². The molecule has 1 amide bonds. The van der Waals surface area contributed by atoms with Crippen molar-refractivity contribution in [2.24, 2.45) is 11.8 Å². The normalized spacial score (nSPS) is 27.8. The van der Waals surface area contributed by atoms with Gasteiger partial charge in [-0.05, 0) is 40.0 Å². The number of nitrogens with zero attached hydrogens (tertiary/aromatic N) is 2. The van der Waals surface area contributed by atoms with Crippen molar-refractivity contribution >= 4 is 22.0 Å². The van der Waals surface area contributed by atoms with Crippen LogP contribution in [0.1, 0.15) is 53.4 Å². The summed E-state index contributed by atoms with van der Waals surface area (Å²) in [6.45, 7) is 7.06. The molecule has 1 saturated heterocycles.